The van der Waals surface area contributed by atoms with Crippen LogP contribution in [0.15, 0.2) is 36.7 Å². The van der Waals surface area contributed by atoms with Crippen molar-refractivity contribution in [2.45, 2.75) is 0 Å². The van der Waals surface area contributed by atoms with Gasteiger partial charge in [0.05, 0.1) is 9.21 Å². The van der Waals surface area contributed by atoms with Crippen LogP contribution in [0.3, 0.4) is 0 Å². The van der Waals surface area contributed by atoms with E-state index in [4.69, 9.17) is 11.6 Å². The van der Waals surface area contributed by atoms with Crippen molar-refractivity contribution in [3.05, 3.63) is 45.9 Å². The minimum Gasteiger partial charge on any atom is -0.368 e. The van der Waals surface area contributed by atoms with E-state index in [1.54, 1.807) is 12.1 Å². The van der Waals surface area contributed by atoms with Crippen LogP contribution < -0.4 is 9.88 Å². The van der Waals surface area contributed by atoms with Crippen LogP contribution in [0.4, 0.5) is 5.69 Å². The molecule has 20 heavy (non-hydrogen) atoms. The van der Waals surface area contributed by atoms with E-state index in [2.05, 4.69) is 22.0 Å². The topological polar surface area (TPSA) is 37.7 Å². The van der Waals surface area contributed by atoms with Crippen molar-refractivity contribution in [2.24, 2.45) is 0 Å². The summed E-state index contributed by atoms with van der Waals surface area (Å²) in [7, 11) is 0. The number of anilines is 1. The number of H-pyrrole nitrogens is 1. The summed E-state index contributed by atoms with van der Waals surface area (Å²) in [5.41, 5.74) is 1.19. The molecule has 1 N–H and O–H groups in total. The van der Waals surface area contributed by atoms with E-state index >= 15 is 0 Å². The minimum atomic E-state index is 0.0861. The maximum atomic E-state index is 12.3. The molecule has 0 unspecified atom stereocenters. The standard InChI is InChI=1S/C14H14ClN3OS/c15-13-2-1-12(20-13)14(19)18-9-7-17(8-10-18)11-3-5-16-6-4-11/h1-6H,7-10H2/p+1. The number of carbonyl (C=O) groups is 1. The van der Waals surface area contributed by atoms with Crippen molar-refractivity contribution in [3.8, 4) is 0 Å². The summed E-state index contributed by atoms with van der Waals surface area (Å²) >= 11 is 7.23. The monoisotopic (exact) mass is 308 g/mol. The fourth-order valence-electron chi connectivity index (χ4n) is 2.34. The molecule has 0 radical (unpaired) electrons. The molecular formula is C14H15ClN3OS+. The Labute approximate surface area is 126 Å². The molecule has 1 fully saturated rings. The van der Waals surface area contributed by atoms with Gasteiger partial charge in [-0.25, -0.2) is 4.98 Å². The fourth-order valence-corrected chi connectivity index (χ4v) is 3.35. The van der Waals surface area contributed by atoms with Gasteiger partial charge in [-0.2, -0.15) is 0 Å². The summed E-state index contributed by atoms with van der Waals surface area (Å²) in [5.74, 6) is 0.0861. The van der Waals surface area contributed by atoms with Gasteiger partial charge in [-0.1, -0.05) is 11.6 Å². The van der Waals surface area contributed by atoms with Crippen molar-refractivity contribution in [3.63, 3.8) is 0 Å². The Kier molecular flexibility index (Phi) is 3.89. The lowest BCUT2D eigenvalue weighted by atomic mass is 10.2. The van der Waals surface area contributed by atoms with Crippen LogP contribution in [0.25, 0.3) is 0 Å². The van der Waals surface area contributed by atoms with Crippen molar-refractivity contribution in [1.82, 2.24) is 4.90 Å². The van der Waals surface area contributed by atoms with E-state index in [9.17, 15) is 4.79 Å². The highest BCUT2D eigenvalue weighted by atomic mass is 35.5. The van der Waals surface area contributed by atoms with Gasteiger partial charge in [0.15, 0.2) is 12.4 Å². The second-order valence-electron chi connectivity index (χ2n) is 4.64. The predicted octanol–water partition coefficient (Wildman–Crippen LogP) is 2.18. The zero-order valence-electron chi connectivity index (χ0n) is 10.9. The number of hydrogen-bond acceptors (Lipinski definition) is 3. The zero-order chi connectivity index (χ0) is 13.9. The molecule has 0 spiro atoms. The first kappa shape index (κ1) is 13.4. The third-order valence-electron chi connectivity index (χ3n) is 3.42. The van der Waals surface area contributed by atoms with Crippen LogP contribution in [0.1, 0.15) is 9.67 Å². The van der Waals surface area contributed by atoms with E-state index in [1.165, 1.54) is 17.0 Å². The van der Waals surface area contributed by atoms with Crippen molar-refractivity contribution < 1.29 is 9.78 Å². The third-order valence-corrected chi connectivity index (χ3v) is 4.64. The molecule has 2 aromatic heterocycles. The summed E-state index contributed by atoms with van der Waals surface area (Å²) in [6.07, 6.45) is 3.83. The molecule has 104 valence electrons. The molecular weight excluding hydrogens is 294 g/mol. The normalized spacial score (nSPS) is 15.4. The van der Waals surface area contributed by atoms with Crippen molar-refractivity contribution >= 4 is 34.5 Å². The van der Waals surface area contributed by atoms with E-state index in [0.29, 0.717) is 4.34 Å². The van der Waals surface area contributed by atoms with Gasteiger partial charge in [-0.05, 0) is 12.1 Å². The van der Waals surface area contributed by atoms with Gasteiger partial charge in [0, 0.05) is 44.0 Å². The van der Waals surface area contributed by atoms with Crippen LogP contribution in [-0.4, -0.2) is 37.0 Å². The van der Waals surface area contributed by atoms with Gasteiger partial charge < -0.3 is 9.80 Å². The van der Waals surface area contributed by atoms with E-state index in [1.807, 2.05) is 17.3 Å². The van der Waals surface area contributed by atoms with Gasteiger partial charge in [-0.15, -0.1) is 11.3 Å². The molecule has 0 aromatic carbocycles. The molecule has 3 rings (SSSR count). The lowest BCUT2D eigenvalue weighted by molar-refractivity contribution is -0.377. The van der Waals surface area contributed by atoms with Crippen LogP contribution in [0.5, 0.6) is 0 Å². The van der Waals surface area contributed by atoms with Gasteiger partial charge >= 0.3 is 0 Å². The fraction of sp³-hybridized carbons (Fsp3) is 0.286. The maximum Gasteiger partial charge on any atom is 0.264 e. The number of aromatic amines is 1. The van der Waals surface area contributed by atoms with Crippen LogP contribution >= 0.6 is 22.9 Å². The highest BCUT2D eigenvalue weighted by Crippen LogP contribution is 2.23. The molecule has 0 aliphatic carbocycles. The highest BCUT2D eigenvalue weighted by Gasteiger charge is 2.23. The summed E-state index contributed by atoms with van der Waals surface area (Å²) in [6, 6.07) is 7.68. The Morgan fingerprint density at radius 1 is 1.10 bits per heavy atom. The Balaban J connectivity index is 1.63. The van der Waals surface area contributed by atoms with Gasteiger partial charge in [0.25, 0.3) is 5.91 Å². The second kappa shape index (κ2) is 5.81. The van der Waals surface area contributed by atoms with Gasteiger partial charge in [-0.3, -0.25) is 4.79 Å². The Morgan fingerprint density at radius 2 is 1.80 bits per heavy atom. The number of thiophene rings is 1. The second-order valence-corrected chi connectivity index (χ2v) is 6.36. The number of halogens is 1. The predicted molar refractivity (Wildman–Crippen MR) is 80.4 cm³/mol. The smallest absolute Gasteiger partial charge is 0.264 e. The minimum absolute atomic E-state index is 0.0861. The molecule has 1 saturated heterocycles. The van der Waals surface area contributed by atoms with Crippen molar-refractivity contribution in [1.29, 1.82) is 0 Å². The molecule has 3 heterocycles. The molecule has 2 aromatic rings. The molecule has 1 aliphatic heterocycles. The molecule has 0 bridgehead atoms. The largest absolute Gasteiger partial charge is 0.368 e. The molecule has 0 saturated carbocycles. The van der Waals surface area contributed by atoms with E-state index < -0.39 is 0 Å². The molecule has 4 nitrogen and oxygen atoms in total. The Morgan fingerprint density at radius 3 is 2.40 bits per heavy atom. The van der Waals surface area contributed by atoms with Crippen molar-refractivity contribution in [2.75, 3.05) is 31.1 Å². The number of nitrogens with zero attached hydrogens (tertiary/aromatic N) is 2. The first-order chi connectivity index (χ1) is 9.74. The van der Waals surface area contributed by atoms with Gasteiger partial charge in [0.2, 0.25) is 0 Å². The van der Waals surface area contributed by atoms with Gasteiger partial charge in [0.1, 0.15) is 0 Å². The highest BCUT2D eigenvalue weighted by molar-refractivity contribution is 7.17. The molecule has 1 aliphatic rings. The number of rotatable bonds is 2. The summed E-state index contributed by atoms with van der Waals surface area (Å²) in [5, 5.41) is 0. The van der Waals surface area contributed by atoms with E-state index in [0.717, 1.165) is 31.1 Å². The number of hydrogen-bond donors (Lipinski definition) is 0. The number of pyridine rings is 1. The number of amides is 1. The van der Waals surface area contributed by atoms with Crippen LogP contribution in [0, 0.1) is 0 Å². The van der Waals surface area contributed by atoms with E-state index in [-0.39, 0.29) is 5.91 Å². The number of aromatic nitrogens is 1. The number of piperazine rings is 1. The first-order valence-corrected chi connectivity index (χ1v) is 7.69. The summed E-state index contributed by atoms with van der Waals surface area (Å²) < 4.78 is 0.660. The Hall–Kier alpha value is -1.59. The first-order valence-electron chi connectivity index (χ1n) is 6.50. The summed E-state index contributed by atoms with van der Waals surface area (Å²) in [6.45, 7) is 3.20. The number of nitrogens with one attached hydrogen (secondary N) is 1. The lowest BCUT2D eigenvalue weighted by Crippen LogP contribution is -2.48. The number of carbonyl (C=O) groups excluding carboxylic acids is 1. The average molecular weight is 309 g/mol. The third kappa shape index (κ3) is 2.78. The maximum absolute atomic E-state index is 12.3. The molecule has 0 atom stereocenters. The molecule has 1 amide bonds. The average Bonchev–Trinajstić information content (AvgIpc) is 2.94. The summed E-state index contributed by atoms with van der Waals surface area (Å²) in [4.78, 5) is 20.2. The Bertz CT molecular complexity index is 593. The zero-order valence-corrected chi connectivity index (χ0v) is 12.5. The lowest BCUT2D eigenvalue weighted by Gasteiger charge is -2.35. The quantitative estimate of drug-likeness (QED) is 0.853. The SMILES string of the molecule is O=C(c1ccc(Cl)s1)N1CCN(c2cc[nH+]cc2)CC1. The van der Waals surface area contributed by atoms with Crippen LogP contribution in [0.2, 0.25) is 4.34 Å². The molecule has 6 heteroatoms. The van der Waals surface area contributed by atoms with Crippen LogP contribution in [-0.2, 0) is 0 Å².